The number of phenolic OH excluding ortho intramolecular Hbond substituents is 2. The van der Waals surface area contributed by atoms with Crippen LogP contribution in [-0.2, 0) is 41.5 Å². The quantitative estimate of drug-likeness (QED) is 0.107. The number of hydrogen-bond acceptors (Lipinski definition) is 12. The third-order valence-corrected chi connectivity index (χ3v) is 8.61. The Morgan fingerprint density at radius 3 is 2.42 bits per heavy atom. The number of carboxylic acids is 2. The minimum atomic E-state index is -1.66. The number of fused-ring (bicyclic) bond motifs is 1. The molecule has 0 radical (unpaired) electrons. The Balaban J connectivity index is 0.000000285. The highest BCUT2D eigenvalue weighted by Gasteiger charge is 2.66. The summed E-state index contributed by atoms with van der Waals surface area (Å²) in [5, 5.41) is 40.3. The second-order valence-corrected chi connectivity index (χ2v) is 11.8. The van der Waals surface area contributed by atoms with Gasteiger partial charge in [-0.1, -0.05) is 12.1 Å². The molecule has 2 aliphatic rings. The molecule has 17 heteroatoms. The van der Waals surface area contributed by atoms with Crippen LogP contribution >= 0.6 is 23.1 Å². The van der Waals surface area contributed by atoms with Crippen molar-refractivity contribution in [3.63, 3.8) is 0 Å². The molecule has 0 saturated carbocycles. The van der Waals surface area contributed by atoms with E-state index in [9.17, 15) is 34.2 Å². The molecular formula is C26H30N4O11S2. The van der Waals surface area contributed by atoms with E-state index in [4.69, 9.17) is 26.4 Å². The van der Waals surface area contributed by atoms with Crippen LogP contribution in [0, 0.1) is 0 Å². The number of ether oxygens (including phenoxy) is 2. The van der Waals surface area contributed by atoms with Gasteiger partial charge in [0, 0.05) is 29.7 Å². The number of rotatable bonds is 10. The van der Waals surface area contributed by atoms with Crippen molar-refractivity contribution in [3.05, 3.63) is 57.4 Å². The molecule has 0 spiro atoms. The summed E-state index contributed by atoms with van der Waals surface area (Å²) in [5.74, 6) is -3.95. The van der Waals surface area contributed by atoms with E-state index >= 15 is 0 Å². The molecule has 3 heterocycles. The molecule has 1 aromatic carbocycles. The lowest BCUT2D eigenvalue weighted by Crippen LogP contribution is -2.80. The van der Waals surface area contributed by atoms with Gasteiger partial charge >= 0.3 is 18.0 Å². The van der Waals surface area contributed by atoms with Gasteiger partial charge in [-0.2, -0.15) is 0 Å². The summed E-state index contributed by atoms with van der Waals surface area (Å²) in [6.07, 6.45) is -0.894. The normalized spacial score (nSPS) is 20.5. The highest BCUT2D eigenvalue weighted by molar-refractivity contribution is 8.00. The van der Waals surface area contributed by atoms with Crippen molar-refractivity contribution < 1.29 is 53.9 Å². The van der Waals surface area contributed by atoms with Crippen LogP contribution in [-0.4, -0.2) is 91.3 Å². The number of nitrogens with one attached hydrogen (secondary N) is 1. The van der Waals surface area contributed by atoms with Gasteiger partial charge in [0.2, 0.25) is 5.91 Å². The fraction of sp³-hybridized carbons (Fsp3) is 0.346. The van der Waals surface area contributed by atoms with E-state index < -0.39 is 46.5 Å². The Morgan fingerprint density at radius 2 is 1.88 bits per heavy atom. The number of methoxy groups -OCH3 is 1. The molecule has 232 valence electrons. The second kappa shape index (κ2) is 13.3. The number of nitrogens with two attached hydrogens (primary N) is 2. The molecule has 0 unspecified atom stereocenters. The summed E-state index contributed by atoms with van der Waals surface area (Å²) in [4.78, 5) is 60.4. The van der Waals surface area contributed by atoms with E-state index in [0.717, 1.165) is 9.78 Å². The van der Waals surface area contributed by atoms with Crippen LogP contribution in [0.1, 0.15) is 17.4 Å². The van der Waals surface area contributed by atoms with Crippen LogP contribution in [0.25, 0.3) is 0 Å². The number of aromatic hydroxyl groups is 2. The molecule has 43 heavy (non-hydrogen) atoms. The van der Waals surface area contributed by atoms with Gasteiger partial charge in [-0.25, -0.2) is 9.59 Å². The molecule has 4 rings (SSSR count). The maximum atomic E-state index is 12.8. The first kappa shape index (κ1) is 33.2. The number of primary amides is 1. The highest BCUT2D eigenvalue weighted by atomic mass is 32.2. The van der Waals surface area contributed by atoms with E-state index in [0.29, 0.717) is 5.56 Å². The summed E-state index contributed by atoms with van der Waals surface area (Å²) >= 11 is 2.60. The first-order valence-electron chi connectivity index (χ1n) is 12.4. The maximum Gasteiger partial charge on any atom is 0.404 e. The average molecular weight is 639 g/mol. The van der Waals surface area contributed by atoms with E-state index in [1.54, 1.807) is 6.07 Å². The lowest BCUT2D eigenvalue weighted by atomic mass is 9.94. The van der Waals surface area contributed by atoms with Gasteiger partial charge in [-0.3, -0.25) is 19.3 Å². The van der Waals surface area contributed by atoms with E-state index in [-0.39, 0.29) is 48.0 Å². The summed E-state index contributed by atoms with van der Waals surface area (Å²) in [6, 6.07) is 7.71. The predicted octanol–water partition coefficient (Wildman–Crippen LogP) is 0.541. The molecule has 15 nitrogen and oxygen atoms in total. The zero-order valence-corrected chi connectivity index (χ0v) is 24.6. The number of nitrogens with zero attached hydrogens (tertiary/aromatic N) is 1. The molecule has 2 aliphatic heterocycles. The van der Waals surface area contributed by atoms with Gasteiger partial charge in [-0.15, -0.1) is 23.1 Å². The number of β-lactam (4-membered cyclic amide) rings is 1. The third kappa shape index (κ3) is 7.37. The number of thiophene rings is 1. The van der Waals surface area contributed by atoms with E-state index in [1.807, 2.05) is 11.4 Å². The number of thioether (sulfide) groups is 1. The number of amides is 3. The fourth-order valence-electron chi connectivity index (χ4n) is 4.21. The number of hydrogen-bond donors (Lipinski definition) is 7. The molecule has 1 saturated heterocycles. The number of carbonyl (C=O) groups is 5. The Bertz CT molecular complexity index is 1440. The van der Waals surface area contributed by atoms with Crippen LogP contribution in [0.5, 0.6) is 11.5 Å². The van der Waals surface area contributed by atoms with Crippen molar-refractivity contribution in [2.24, 2.45) is 11.5 Å². The van der Waals surface area contributed by atoms with Crippen LogP contribution in [0.3, 0.4) is 0 Å². The van der Waals surface area contributed by atoms with Gasteiger partial charge < -0.3 is 46.7 Å². The van der Waals surface area contributed by atoms with E-state index in [1.165, 1.54) is 55.3 Å². The Labute approximate surface area is 253 Å². The summed E-state index contributed by atoms with van der Waals surface area (Å²) < 4.78 is 10.0. The van der Waals surface area contributed by atoms with Gasteiger partial charge in [0.1, 0.15) is 23.2 Å². The van der Waals surface area contributed by atoms with Crippen molar-refractivity contribution in [2.45, 2.75) is 36.4 Å². The average Bonchev–Trinajstić information content (AvgIpc) is 3.44. The maximum absolute atomic E-state index is 12.8. The fourth-order valence-corrected chi connectivity index (χ4v) is 6.34. The summed E-state index contributed by atoms with van der Waals surface area (Å²) in [7, 11) is 1.27. The van der Waals surface area contributed by atoms with Crippen molar-refractivity contribution >= 4 is 52.9 Å². The monoisotopic (exact) mass is 638 g/mol. The topological polar surface area (TPSA) is 252 Å². The molecule has 1 fully saturated rings. The minimum Gasteiger partial charge on any atom is -0.504 e. The molecule has 0 bridgehead atoms. The summed E-state index contributed by atoms with van der Waals surface area (Å²) in [6.45, 7) is 1.05. The first-order valence-corrected chi connectivity index (χ1v) is 14.3. The molecule has 3 amide bonds. The molecule has 1 aromatic heterocycles. The van der Waals surface area contributed by atoms with Gasteiger partial charge in [-0.05, 0) is 36.1 Å². The highest BCUT2D eigenvalue weighted by Crippen LogP contribution is 2.46. The number of benzene rings is 1. The lowest BCUT2D eigenvalue weighted by Gasteiger charge is -2.55. The Morgan fingerprint density at radius 1 is 1.19 bits per heavy atom. The molecule has 3 atom stereocenters. The second-order valence-electron chi connectivity index (χ2n) is 9.67. The van der Waals surface area contributed by atoms with Crippen LogP contribution in [0.15, 0.2) is 47.0 Å². The van der Waals surface area contributed by atoms with Crippen molar-refractivity contribution in [1.82, 2.24) is 10.2 Å². The standard InChI is InChI=1S/C16H17N3O7S2.C10H13NO4/c1-25-16(18-10(20)5-9-3-2-4-27-9)13(23)19-11(12(21)22)8(6-26-15(17)24)7-28-14(16)19;1-10(11,9(14)15)5-6-2-3-7(12)8(13)4-6/h2-4,14H,5-7H2,1H3,(H2,17,24)(H,18,20)(H,21,22);2-4,12-13H,5,11H2,1H3,(H,14,15)/t14-,16+;10-/m10/s1. The van der Waals surface area contributed by atoms with Gasteiger partial charge in [0.25, 0.3) is 11.6 Å². The number of aliphatic carboxylic acids is 2. The SMILES string of the molecule is CO[C@@]1(NC(=O)Cc2cccs2)C(=O)N2C(C(=O)O)=C(COC(N)=O)CS[C@@H]21.C[C@](N)(Cc1ccc(O)c(O)c1)C(=O)O. The number of carbonyl (C=O) groups excluding carboxylic acids is 3. The van der Waals surface area contributed by atoms with Crippen LogP contribution in [0.4, 0.5) is 4.79 Å². The Kier molecular flexibility index (Phi) is 10.3. The van der Waals surface area contributed by atoms with Crippen molar-refractivity contribution in [3.8, 4) is 11.5 Å². The zero-order chi connectivity index (χ0) is 32.1. The zero-order valence-electron chi connectivity index (χ0n) is 22.9. The van der Waals surface area contributed by atoms with E-state index in [2.05, 4.69) is 10.1 Å². The molecule has 0 aliphatic carbocycles. The molecule has 2 aromatic rings. The first-order chi connectivity index (χ1) is 20.1. The number of phenols is 2. The van der Waals surface area contributed by atoms with Crippen molar-refractivity contribution in [1.29, 1.82) is 0 Å². The largest absolute Gasteiger partial charge is 0.504 e. The van der Waals surface area contributed by atoms with Crippen molar-refractivity contribution in [2.75, 3.05) is 19.5 Å². The van der Waals surface area contributed by atoms with Gasteiger partial charge in [0.15, 0.2) is 11.5 Å². The van der Waals surface area contributed by atoms with Crippen LogP contribution in [0.2, 0.25) is 0 Å². The minimum absolute atomic E-state index is 0.0762. The third-order valence-electron chi connectivity index (χ3n) is 6.36. The van der Waals surface area contributed by atoms with Gasteiger partial charge in [0.05, 0.1) is 6.42 Å². The summed E-state index contributed by atoms with van der Waals surface area (Å²) in [5.41, 5.74) is 7.91. The Hall–Kier alpha value is -4.32. The smallest absolute Gasteiger partial charge is 0.404 e. The molecule has 9 N–H and O–H groups in total. The number of carboxylic acid groups (broad SMARTS) is 2. The predicted molar refractivity (Wildman–Crippen MR) is 153 cm³/mol. The lowest BCUT2D eigenvalue weighted by molar-refractivity contribution is -0.192. The molecular weight excluding hydrogens is 608 g/mol. The van der Waals surface area contributed by atoms with Crippen LogP contribution < -0.4 is 16.8 Å².